The van der Waals surface area contributed by atoms with E-state index < -0.39 is 0 Å². The summed E-state index contributed by atoms with van der Waals surface area (Å²) in [5.74, 6) is 1.44. The fourth-order valence-electron chi connectivity index (χ4n) is 2.30. The Morgan fingerprint density at radius 1 is 0.913 bits per heavy atom. The van der Waals surface area contributed by atoms with Crippen molar-refractivity contribution in [2.24, 2.45) is 0 Å². The monoisotopic (exact) mass is 324 g/mol. The van der Waals surface area contributed by atoms with Crippen LogP contribution in [0, 0.1) is 6.92 Å². The van der Waals surface area contributed by atoms with E-state index in [0.29, 0.717) is 40.7 Å². The third kappa shape index (κ3) is 3.70. The zero-order chi connectivity index (χ0) is 17.6. The van der Waals surface area contributed by atoms with E-state index in [9.17, 15) is 4.79 Å². The zero-order valence-electron chi connectivity index (χ0n) is 14.7. The maximum atomic E-state index is 11.9. The minimum Gasteiger partial charge on any atom is -0.492 e. The van der Waals surface area contributed by atoms with Gasteiger partial charge in [-0.05, 0) is 26.8 Å². The van der Waals surface area contributed by atoms with Crippen LogP contribution < -0.4 is 18.9 Å². The number of ether oxygens (including phenoxy) is 5. The maximum Gasteiger partial charge on any atom is 0.333 e. The van der Waals surface area contributed by atoms with Gasteiger partial charge < -0.3 is 23.7 Å². The topological polar surface area (TPSA) is 63.2 Å². The zero-order valence-corrected chi connectivity index (χ0v) is 14.7. The molecule has 0 fully saturated rings. The third-order valence-electron chi connectivity index (χ3n) is 3.38. The lowest BCUT2D eigenvalue weighted by Gasteiger charge is -2.20. The second-order valence-electron chi connectivity index (χ2n) is 4.72. The van der Waals surface area contributed by atoms with Crippen LogP contribution in [0.5, 0.6) is 23.0 Å². The van der Waals surface area contributed by atoms with Gasteiger partial charge in [0.1, 0.15) is 0 Å². The van der Waals surface area contributed by atoms with Crippen LogP contribution in [-0.2, 0) is 9.53 Å². The van der Waals surface area contributed by atoms with Crippen molar-refractivity contribution < 1.29 is 28.5 Å². The molecule has 6 nitrogen and oxygen atoms in total. The van der Waals surface area contributed by atoms with Crippen LogP contribution in [0.1, 0.15) is 25.0 Å². The molecule has 0 aliphatic heterocycles. The molecule has 0 unspecified atom stereocenters. The number of hydrogen-bond acceptors (Lipinski definition) is 6. The van der Waals surface area contributed by atoms with Gasteiger partial charge in [0.2, 0.25) is 11.5 Å². The van der Waals surface area contributed by atoms with E-state index in [0.717, 1.165) is 5.56 Å². The van der Waals surface area contributed by atoms with Crippen LogP contribution in [0.15, 0.2) is 5.57 Å². The molecule has 0 heterocycles. The first-order valence-corrected chi connectivity index (χ1v) is 7.18. The predicted octanol–water partition coefficient (Wildman–Crippen LogP) is 3.00. The average Bonchev–Trinajstić information content (AvgIpc) is 2.55. The molecule has 0 aliphatic carbocycles. The number of hydrogen-bond donors (Lipinski definition) is 0. The van der Waals surface area contributed by atoms with E-state index in [1.54, 1.807) is 27.0 Å². The lowest BCUT2D eigenvalue weighted by molar-refractivity contribution is -0.138. The summed E-state index contributed by atoms with van der Waals surface area (Å²) in [6.45, 7) is 5.61. The van der Waals surface area contributed by atoms with E-state index in [4.69, 9.17) is 23.7 Å². The second-order valence-corrected chi connectivity index (χ2v) is 4.72. The van der Waals surface area contributed by atoms with Crippen LogP contribution >= 0.6 is 0 Å². The summed E-state index contributed by atoms with van der Waals surface area (Å²) in [5, 5.41) is 0. The molecule has 1 aromatic rings. The number of rotatable bonds is 7. The molecular weight excluding hydrogens is 300 g/mol. The van der Waals surface area contributed by atoms with Gasteiger partial charge in [-0.3, -0.25) is 0 Å². The molecule has 0 bridgehead atoms. The van der Waals surface area contributed by atoms with E-state index in [-0.39, 0.29) is 5.97 Å². The molecule has 0 radical (unpaired) electrons. The van der Waals surface area contributed by atoms with Crippen LogP contribution in [0.3, 0.4) is 0 Å². The van der Waals surface area contributed by atoms with Gasteiger partial charge in [-0.1, -0.05) is 0 Å². The minimum absolute atomic E-state index is 0.315. The summed E-state index contributed by atoms with van der Waals surface area (Å²) in [5.41, 5.74) is 1.89. The van der Waals surface area contributed by atoms with Crippen molar-refractivity contribution in [1.29, 1.82) is 0 Å². The second kappa shape index (κ2) is 8.31. The summed E-state index contributed by atoms with van der Waals surface area (Å²) in [6.07, 6.45) is 1.69. The van der Waals surface area contributed by atoms with Crippen molar-refractivity contribution in [2.75, 3.05) is 35.0 Å². The molecule has 0 saturated carbocycles. The van der Waals surface area contributed by atoms with E-state index in [1.165, 1.54) is 21.3 Å². The van der Waals surface area contributed by atoms with Gasteiger partial charge in [0.25, 0.3) is 0 Å². The van der Waals surface area contributed by atoms with Crippen LogP contribution in [0.25, 0.3) is 6.08 Å². The molecule has 1 aromatic carbocycles. The van der Waals surface area contributed by atoms with Gasteiger partial charge in [0.15, 0.2) is 11.5 Å². The van der Waals surface area contributed by atoms with Gasteiger partial charge in [-0.2, -0.15) is 0 Å². The summed E-state index contributed by atoms with van der Waals surface area (Å²) < 4.78 is 26.7. The lowest BCUT2D eigenvalue weighted by atomic mass is 10.0. The standard InChI is InChI=1S/C17H24O6/c1-8-23-17(18)10(2)9-12-11(3)13(19-4)15(21-6)16(22-7)14(12)20-5/h9H,8H2,1-7H3. The quantitative estimate of drug-likeness (QED) is 0.567. The van der Waals surface area contributed by atoms with Crippen molar-refractivity contribution in [3.05, 3.63) is 16.7 Å². The first-order valence-electron chi connectivity index (χ1n) is 7.18. The highest BCUT2D eigenvalue weighted by Gasteiger charge is 2.24. The highest BCUT2D eigenvalue weighted by atomic mass is 16.5. The van der Waals surface area contributed by atoms with Crippen molar-refractivity contribution in [1.82, 2.24) is 0 Å². The first-order chi connectivity index (χ1) is 11.0. The summed E-state index contributed by atoms with van der Waals surface area (Å²) in [7, 11) is 6.11. The van der Waals surface area contributed by atoms with E-state index in [2.05, 4.69) is 0 Å². The Balaban J connectivity index is 3.65. The molecule has 0 aromatic heterocycles. The fraction of sp³-hybridized carbons (Fsp3) is 0.471. The van der Waals surface area contributed by atoms with Gasteiger partial charge in [-0.25, -0.2) is 4.79 Å². The van der Waals surface area contributed by atoms with Crippen molar-refractivity contribution in [2.45, 2.75) is 20.8 Å². The van der Waals surface area contributed by atoms with Crippen molar-refractivity contribution >= 4 is 12.0 Å². The first kappa shape index (κ1) is 18.7. The molecule has 128 valence electrons. The van der Waals surface area contributed by atoms with E-state index >= 15 is 0 Å². The molecule has 0 N–H and O–H groups in total. The normalized spacial score (nSPS) is 11.0. The summed E-state index contributed by atoms with van der Waals surface area (Å²) in [6, 6.07) is 0. The van der Waals surface area contributed by atoms with Crippen LogP contribution in [0.4, 0.5) is 0 Å². The largest absolute Gasteiger partial charge is 0.492 e. The van der Waals surface area contributed by atoms with Crippen LogP contribution in [-0.4, -0.2) is 41.0 Å². The Hall–Kier alpha value is -2.37. The number of esters is 1. The molecule has 0 aliphatic rings. The average molecular weight is 324 g/mol. The molecule has 0 atom stereocenters. The number of methoxy groups -OCH3 is 4. The highest BCUT2D eigenvalue weighted by Crippen LogP contribution is 2.49. The van der Waals surface area contributed by atoms with Gasteiger partial charge in [0, 0.05) is 16.7 Å². The van der Waals surface area contributed by atoms with E-state index in [1.807, 2.05) is 6.92 Å². The number of carbonyl (C=O) groups excluding carboxylic acids is 1. The maximum absolute atomic E-state index is 11.9. The molecule has 23 heavy (non-hydrogen) atoms. The van der Waals surface area contributed by atoms with Crippen molar-refractivity contribution in [3.8, 4) is 23.0 Å². The Morgan fingerprint density at radius 3 is 1.83 bits per heavy atom. The number of carbonyl (C=O) groups is 1. The molecule has 0 saturated heterocycles. The highest BCUT2D eigenvalue weighted by molar-refractivity contribution is 5.94. The Kier molecular flexibility index (Phi) is 6.75. The number of benzene rings is 1. The summed E-state index contributed by atoms with van der Waals surface area (Å²) >= 11 is 0. The smallest absolute Gasteiger partial charge is 0.333 e. The predicted molar refractivity (Wildman–Crippen MR) is 87.7 cm³/mol. The molecule has 0 amide bonds. The fourth-order valence-corrected chi connectivity index (χ4v) is 2.30. The van der Waals surface area contributed by atoms with Crippen LogP contribution in [0.2, 0.25) is 0 Å². The van der Waals surface area contributed by atoms with Gasteiger partial charge >= 0.3 is 5.97 Å². The van der Waals surface area contributed by atoms with Crippen molar-refractivity contribution in [3.63, 3.8) is 0 Å². The lowest BCUT2D eigenvalue weighted by Crippen LogP contribution is -2.06. The minimum atomic E-state index is -0.386. The molecule has 6 heteroatoms. The Labute approximate surface area is 136 Å². The van der Waals surface area contributed by atoms with Gasteiger partial charge in [-0.15, -0.1) is 0 Å². The summed E-state index contributed by atoms with van der Waals surface area (Å²) in [4.78, 5) is 11.9. The SMILES string of the molecule is CCOC(=O)C(C)=Cc1c(C)c(OC)c(OC)c(OC)c1OC. The Morgan fingerprint density at radius 2 is 1.39 bits per heavy atom. The molecule has 1 rings (SSSR count). The Bertz CT molecular complexity index is 604. The third-order valence-corrected chi connectivity index (χ3v) is 3.38. The van der Waals surface area contributed by atoms with Gasteiger partial charge in [0.05, 0.1) is 35.0 Å². The molecule has 0 spiro atoms. The molecular formula is C17H24O6.